The predicted octanol–water partition coefficient (Wildman–Crippen LogP) is 5.82. The highest BCUT2D eigenvalue weighted by atomic mass is 19.1. The summed E-state index contributed by atoms with van der Waals surface area (Å²) in [7, 11) is 0. The monoisotopic (exact) mass is 496 g/mol. The summed E-state index contributed by atoms with van der Waals surface area (Å²) in [6.45, 7) is 8.89. The van der Waals surface area contributed by atoms with Gasteiger partial charge in [0.1, 0.15) is 12.4 Å². The van der Waals surface area contributed by atoms with E-state index in [0.717, 1.165) is 24.5 Å². The predicted molar refractivity (Wildman–Crippen MR) is 129 cm³/mol. The number of hydrogen-bond acceptors (Lipinski definition) is 5. The molecular weight excluding hydrogens is 458 g/mol. The van der Waals surface area contributed by atoms with Crippen molar-refractivity contribution in [2.75, 3.05) is 26.4 Å². The summed E-state index contributed by atoms with van der Waals surface area (Å²) >= 11 is 0. The van der Waals surface area contributed by atoms with Crippen molar-refractivity contribution in [2.45, 2.75) is 72.3 Å². The summed E-state index contributed by atoms with van der Waals surface area (Å²) in [5.74, 6) is -2.51. The normalized spacial score (nSPS) is 18.5. The number of halogens is 2. The fourth-order valence-corrected chi connectivity index (χ4v) is 4.33. The molecule has 0 bridgehead atoms. The Morgan fingerprint density at radius 3 is 2.63 bits per heavy atom. The molecule has 3 unspecified atom stereocenters. The van der Waals surface area contributed by atoms with Gasteiger partial charge in [-0.3, -0.25) is 9.59 Å². The van der Waals surface area contributed by atoms with Crippen molar-refractivity contribution in [2.24, 2.45) is 11.3 Å². The molecule has 1 aromatic rings. The van der Waals surface area contributed by atoms with E-state index in [1.54, 1.807) is 0 Å². The Morgan fingerprint density at radius 2 is 2.03 bits per heavy atom. The molecule has 0 fully saturated rings. The van der Waals surface area contributed by atoms with E-state index in [4.69, 9.17) is 19.3 Å². The standard InChI is InChI=1S/C27H38F2O6/c1-5-11-27(4,17-33-16-19(3)30)18(2)15-35-22-8-6-20(7-9-22)23-13-21(28)14-24(29)26(23)34-12-10-25(31)32/h6,13-14,18,22H,5,7-12,15-17H2,1-4H3,(H,31,32). The zero-order chi connectivity index (χ0) is 26.0. The van der Waals surface area contributed by atoms with E-state index in [9.17, 15) is 18.4 Å². The molecule has 1 N–H and O–H groups in total. The van der Waals surface area contributed by atoms with Gasteiger partial charge in [-0.1, -0.05) is 33.3 Å². The quantitative estimate of drug-likeness (QED) is 0.330. The highest BCUT2D eigenvalue weighted by Crippen LogP contribution is 2.37. The second-order valence-electron chi connectivity index (χ2n) is 9.72. The van der Waals surface area contributed by atoms with Gasteiger partial charge in [-0.05, 0) is 55.6 Å². The molecule has 6 nitrogen and oxygen atoms in total. The number of carboxylic acid groups (broad SMARTS) is 1. The van der Waals surface area contributed by atoms with Crippen LogP contribution < -0.4 is 4.74 Å². The Bertz CT molecular complexity index is 900. The molecule has 0 saturated heterocycles. The third-order valence-corrected chi connectivity index (χ3v) is 6.61. The Hall–Kier alpha value is -2.32. The van der Waals surface area contributed by atoms with Crippen LogP contribution in [0.1, 0.15) is 71.8 Å². The van der Waals surface area contributed by atoms with Crippen LogP contribution in [-0.4, -0.2) is 49.4 Å². The van der Waals surface area contributed by atoms with Gasteiger partial charge in [0.25, 0.3) is 0 Å². The first-order valence-corrected chi connectivity index (χ1v) is 12.3. The second kappa shape index (κ2) is 13.7. The smallest absolute Gasteiger partial charge is 0.306 e. The Kier molecular flexibility index (Phi) is 11.3. The molecule has 0 saturated carbocycles. The van der Waals surface area contributed by atoms with Gasteiger partial charge in [0.05, 0.1) is 32.3 Å². The first-order chi connectivity index (χ1) is 16.6. The highest BCUT2D eigenvalue weighted by Gasteiger charge is 2.32. The van der Waals surface area contributed by atoms with Crippen molar-refractivity contribution in [1.29, 1.82) is 0 Å². The Morgan fingerprint density at radius 1 is 1.29 bits per heavy atom. The number of allylic oxidation sites excluding steroid dienone is 1. The summed E-state index contributed by atoms with van der Waals surface area (Å²) in [5.41, 5.74) is 0.967. The van der Waals surface area contributed by atoms with Crippen molar-refractivity contribution >= 4 is 17.3 Å². The van der Waals surface area contributed by atoms with Gasteiger partial charge < -0.3 is 19.3 Å². The fraction of sp³-hybridized carbons (Fsp3) is 0.630. The number of ketones is 1. The van der Waals surface area contributed by atoms with E-state index < -0.39 is 17.6 Å². The molecule has 8 heteroatoms. The number of carbonyl (C=O) groups is 2. The molecule has 0 spiro atoms. The topological polar surface area (TPSA) is 82.1 Å². The van der Waals surface area contributed by atoms with Crippen LogP contribution in [0, 0.1) is 23.0 Å². The van der Waals surface area contributed by atoms with Crippen molar-refractivity contribution < 1.29 is 37.7 Å². The van der Waals surface area contributed by atoms with Crippen LogP contribution in [-0.2, 0) is 19.1 Å². The van der Waals surface area contributed by atoms with Crippen LogP contribution in [0.2, 0.25) is 0 Å². The second-order valence-corrected chi connectivity index (χ2v) is 9.72. The maximum absolute atomic E-state index is 14.4. The molecule has 0 aliphatic heterocycles. The highest BCUT2D eigenvalue weighted by molar-refractivity contribution is 5.76. The lowest BCUT2D eigenvalue weighted by Crippen LogP contribution is -2.35. The average Bonchev–Trinajstić information content (AvgIpc) is 2.78. The van der Waals surface area contributed by atoms with Crippen LogP contribution in [0.15, 0.2) is 18.2 Å². The summed E-state index contributed by atoms with van der Waals surface area (Å²) in [4.78, 5) is 22.0. The van der Waals surface area contributed by atoms with Gasteiger partial charge >= 0.3 is 5.97 Å². The van der Waals surface area contributed by atoms with E-state index in [1.807, 2.05) is 6.08 Å². The average molecular weight is 497 g/mol. The van der Waals surface area contributed by atoms with Crippen LogP contribution >= 0.6 is 0 Å². The molecule has 0 amide bonds. The summed E-state index contributed by atoms with van der Waals surface area (Å²) in [5, 5.41) is 8.81. The third-order valence-electron chi connectivity index (χ3n) is 6.61. The first-order valence-electron chi connectivity index (χ1n) is 12.3. The zero-order valence-corrected chi connectivity index (χ0v) is 21.2. The molecular formula is C27H38F2O6. The minimum Gasteiger partial charge on any atom is -0.489 e. The maximum atomic E-state index is 14.4. The largest absolute Gasteiger partial charge is 0.489 e. The van der Waals surface area contributed by atoms with Gasteiger partial charge in [0.2, 0.25) is 0 Å². The minimum atomic E-state index is -1.05. The maximum Gasteiger partial charge on any atom is 0.306 e. The van der Waals surface area contributed by atoms with Gasteiger partial charge in [-0.15, -0.1) is 0 Å². The Balaban J connectivity index is 2.00. The lowest BCUT2D eigenvalue weighted by atomic mass is 9.75. The van der Waals surface area contributed by atoms with E-state index in [0.29, 0.717) is 38.0 Å². The minimum absolute atomic E-state index is 0.00571. The van der Waals surface area contributed by atoms with Crippen molar-refractivity contribution in [3.63, 3.8) is 0 Å². The molecule has 0 radical (unpaired) electrons. The number of Topliss-reactive ketones (excluding diaryl/α,β-unsaturated/α-hetero) is 1. The summed E-state index contributed by atoms with van der Waals surface area (Å²) in [6.07, 6.45) is 5.43. The first kappa shape index (κ1) is 28.9. The fourth-order valence-electron chi connectivity index (χ4n) is 4.33. The molecule has 35 heavy (non-hydrogen) atoms. The van der Waals surface area contributed by atoms with Crippen molar-refractivity contribution in [1.82, 2.24) is 0 Å². The molecule has 2 rings (SSSR count). The van der Waals surface area contributed by atoms with Gasteiger partial charge in [0.15, 0.2) is 17.3 Å². The van der Waals surface area contributed by atoms with Crippen LogP contribution in [0.3, 0.4) is 0 Å². The van der Waals surface area contributed by atoms with Gasteiger partial charge in [0, 0.05) is 11.6 Å². The number of hydrogen-bond donors (Lipinski definition) is 1. The zero-order valence-electron chi connectivity index (χ0n) is 21.2. The molecule has 3 atom stereocenters. The lowest BCUT2D eigenvalue weighted by molar-refractivity contribution is -0.137. The van der Waals surface area contributed by atoms with E-state index in [1.165, 1.54) is 13.0 Å². The molecule has 1 aromatic carbocycles. The number of rotatable bonds is 15. The van der Waals surface area contributed by atoms with E-state index in [2.05, 4.69) is 20.8 Å². The molecule has 0 heterocycles. The van der Waals surface area contributed by atoms with E-state index >= 15 is 0 Å². The van der Waals surface area contributed by atoms with Crippen molar-refractivity contribution in [3.05, 3.63) is 35.4 Å². The molecule has 196 valence electrons. The van der Waals surface area contributed by atoms with E-state index in [-0.39, 0.29) is 48.6 Å². The third kappa shape index (κ3) is 9.00. The summed E-state index contributed by atoms with van der Waals surface area (Å²) in [6, 6.07) is 1.97. The lowest BCUT2D eigenvalue weighted by Gasteiger charge is -2.36. The number of ether oxygens (including phenoxy) is 3. The van der Waals surface area contributed by atoms with Crippen molar-refractivity contribution in [3.8, 4) is 5.75 Å². The molecule has 1 aliphatic rings. The number of carbonyl (C=O) groups excluding carboxylic acids is 1. The van der Waals surface area contributed by atoms with Crippen LogP contribution in [0.4, 0.5) is 8.78 Å². The summed E-state index contributed by atoms with van der Waals surface area (Å²) < 4.78 is 45.5. The Labute approximate surface area is 206 Å². The van der Waals surface area contributed by atoms with Crippen LogP contribution in [0.25, 0.3) is 5.57 Å². The molecule has 1 aliphatic carbocycles. The number of benzene rings is 1. The van der Waals surface area contributed by atoms with Gasteiger partial charge in [-0.25, -0.2) is 8.78 Å². The molecule has 0 aromatic heterocycles. The SMILES string of the molecule is CCCC(C)(COCC(C)=O)C(C)COC1CC=C(c2cc(F)cc(F)c2OCCC(=O)O)CC1. The number of aliphatic carboxylic acids is 1. The number of carboxylic acids is 1. The van der Waals surface area contributed by atoms with Crippen LogP contribution in [0.5, 0.6) is 5.75 Å². The van der Waals surface area contributed by atoms with Gasteiger partial charge in [-0.2, -0.15) is 0 Å².